The highest BCUT2D eigenvalue weighted by Crippen LogP contribution is 2.46. The molecule has 5 N–H and O–H groups in total. The first-order valence-corrected chi connectivity index (χ1v) is 27.3. The highest BCUT2D eigenvalue weighted by atomic mass is 19.4. The summed E-state index contributed by atoms with van der Waals surface area (Å²) in [6.45, 7) is 21.2. The zero-order chi connectivity index (χ0) is 67.5. The molecule has 89 heavy (non-hydrogen) atoms. The zero-order valence-electron chi connectivity index (χ0n) is 48.9. The number of carbonyl (C=O) groups is 3. The maximum absolute atomic E-state index is 12.4. The van der Waals surface area contributed by atoms with E-state index in [1.54, 1.807) is 45.0 Å². The fourth-order valence-corrected chi connectivity index (χ4v) is 8.51. The van der Waals surface area contributed by atoms with E-state index in [1.165, 1.54) is 61.0 Å². The second-order valence-electron chi connectivity index (χ2n) is 21.2. The van der Waals surface area contributed by atoms with Gasteiger partial charge in [0.2, 0.25) is 0 Å². The van der Waals surface area contributed by atoms with Gasteiger partial charge in [-0.15, -0.1) is 0 Å². The molecule has 0 spiro atoms. The highest BCUT2D eigenvalue weighted by Gasteiger charge is 2.77. The number of ether oxygens (including phenoxy) is 3. The van der Waals surface area contributed by atoms with Crippen molar-refractivity contribution in [1.29, 1.82) is 0 Å². The summed E-state index contributed by atoms with van der Waals surface area (Å²) >= 11 is 0. The summed E-state index contributed by atoms with van der Waals surface area (Å²) in [6.07, 6.45) is -9.58. The summed E-state index contributed by atoms with van der Waals surface area (Å²) in [5.74, 6) is -5.61. The van der Waals surface area contributed by atoms with E-state index < -0.39 is 83.8 Å². The van der Waals surface area contributed by atoms with Crippen molar-refractivity contribution in [1.82, 2.24) is 0 Å². The average Bonchev–Trinajstić information content (AvgIpc) is 1.40. The van der Waals surface area contributed by atoms with Crippen molar-refractivity contribution in [3.05, 3.63) is 210 Å². The minimum absolute atomic E-state index is 0.137. The van der Waals surface area contributed by atoms with E-state index in [1.807, 2.05) is 66.7 Å². The number of hydrogen-bond acceptors (Lipinski definition) is 11. The smallest absolute Gasteiger partial charge is 0.437 e. The van der Waals surface area contributed by atoms with Crippen LogP contribution in [0.1, 0.15) is 129 Å². The number of aliphatic hydroxyl groups is 5. The van der Waals surface area contributed by atoms with Gasteiger partial charge in [0.15, 0.2) is 0 Å². The lowest BCUT2D eigenvalue weighted by Crippen LogP contribution is -2.62. The Hall–Kier alpha value is -7.83. The van der Waals surface area contributed by atoms with Crippen LogP contribution in [0.2, 0.25) is 0 Å². The van der Waals surface area contributed by atoms with Crippen LogP contribution in [0.25, 0.3) is 24.3 Å². The number of halogens is 12. The van der Waals surface area contributed by atoms with Gasteiger partial charge in [-0.3, -0.25) is 0 Å². The monoisotopic (exact) mass is 1270 g/mol. The van der Waals surface area contributed by atoms with Gasteiger partial charge in [-0.05, 0) is 115 Å². The number of benzene rings is 5. The van der Waals surface area contributed by atoms with E-state index >= 15 is 0 Å². The predicted octanol–water partition coefficient (Wildman–Crippen LogP) is 15.4. The SMILES string of the molecule is C=C(C)C(=O)Oc1ccc(C2(O)CCCCC2)cc1.C=Cc1ccc(C(C)(C)O)cc1.C=Cc1ccc(C2(O)CCCC2)cc1.C=Cc1ccc(COC(=O)C(O)(C(F)(F)F)C(F)(F)F)cc1.C=Cc1cccc(COC(=O)C(O)(C(F)(F)F)C(F)(F)F)c1. The van der Waals surface area contributed by atoms with E-state index in [0.29, 0.717) is 22.4 Å². The molecule has 2 aliphatic rings. The number of carbonyl (C=O) groups excluding carboxylic acids is 3. The lowest BCUT2D eigenvalue weighted by atomic mass is 9.80. The Morgan fingerprint density at radius 3 is 1.17 bits per heavy atom. The molecule has 0 radical (unpaired) electrons. The molecule has 0 atom stereocenters. The summed E-state index contributed by atoms with van der Waals surface area (Å²) in [5.41, 5.74) is -6.27. The number of hydrogen-bond donors (Lipinski definition) is 5. The Morgan fingerprint density at radius 2 is 0.820 bits per heavy atom. The Balaban J connectivity index is 0.000000295. The van der Waals surface area contributed by atoms with Crippen molar-refractivity contribution in [2.24, 2.45) is 0 Å². The number of esters is 3. The van der Waals surface area contributed by atoms with Crippen LogP contribution in [0.5, 0.6) is 5.75 Å². The summed E-state index contributed by atoms with van der Waals surface area (Å²) < 4.78 is 162. The van der Waals surface area contributed by atoms with Gasteiger partial charge in [-0.25, -0.2) is 14.4 Å². The van der Waals surface area contributed by atoms with Crippen molar-refractivity contribution < 1.29 is 107 Å². The summed E-state index contributed by atoms with van der Waals surface area (Å²) in [6, 6.07) is 34.2. The summed E-state index contributed by atoms with van der Waals surface area (Å²) in [5, 5.41) is 48.1. The Morgan fingerprint density at radius 1 is 0.483 bits per heavy atom. The molecule has 484 valence electrons. The predicted molar refractivity (Wildman–Crippen MR) is 311 cm³/mol. The van der Waals surface area contributed by atoms with E-state index in [-0.39, 0.29) is 11.1 Å². The molecule has 0 aliphatic heterocycles. The molecule has 0 amide bonds. The molecule has 5 aromatic carbocycles. The Kier molecular flexibility index (Phi) is 26.7. The largest absolute Gasteiger partial charge is 0.458 e. The average molecular weight is 1270 g/mol. The van der Waals surface area contributed by atoms with Crippen LogP contribution in [-0.4, -0.2) is 79.3 Å². The quantitative estimate of drug-likeness (QED) is 0.0291. The van der Waals surface area contributed by atoms with Crippen molar-refractivity contribution in [2.45, 2.75) is 144 Å². The molecule has 0 saturated heterocycles. The molecule has 5 aromatic rings. The van der Waals surface area contributed by atoms with Crippen LogP contribution in [0.15, 0.2) is 160 Å². The second-order valence-corrected chi connectivity index (χ2v) is 21.2. The van der Waals surface area contributed by atoms with E-state index in [4.69, 9.17) is 14.9 Å². The lowest BCUT2D eigenvalue weighted by Gasteiger charge is -2.32. The molecule has 2 aliphatic carbocycles. The van der Waals surface area contributed by atoms with Crippen molar-refractivity contribution >= 4 is 42.2 Å². The van der Waals surface area contributed by atoms with E-state index in [9.17, 15) is 82.4 Å². The molecular formula is C66H70F12O11. The fourth-order valence-electron chi connectivity index (χ4n) is 8.51. The van der Waals surface area contributed by atoms with Crippen LogP contribution < -0.4 is 4.74 Å². The van der Waals surface area contributed by atoms with Gasteiger partial charge in [0, 0.05) is 5.57 Å². The van der Waals surface area contributed by atoms with Crippen molar-refractivity contribution in [2.75, 3.05) is 0 Å². The Labute approximate surface area is 507 Å². The maximum atomic E-state index is 12.4. The normalized spacial score (nSPS) is 14.7. The molecule has 0 aromatic heterocycles. The van der Waals surface area contributed by atoms with Crippen molar-refractivity contribution in [3.63, 3.8) is 0 Å². The molecule has 7 rings (SSSR count). The Bertz CT molecular complexity index is 3120. The fraction of sp³-hybridized carbons (Fsp3) is 0.348. The second kappa shape index (κ2) is 31.6. The van der Waals surface area contributed by atoms with Crippen molar-refractivity contribution in [3.8, 4) is 5.75 Å². The van der Waals surface area contributed by atoms with E-state index in [2.05, 4.69) is 42.4 Å². The summed E-state index contributed by atoms with van der Waals surface area (Å²) in [4.78, 5) is 33.7. The van der Waals surface area contributed by atoms with Crippen LogP contribution in [0.3, 0.4) is 0 Å². The molecule has 23 heteroatoms. The molecule has 0 unspecified atom stereocenters. The van der Waals surface area contributed by atoms with Gasteiger partial charge >= 0.3 is 53.8 Å². The third-order valence-corrected chi connectivity index (χ3v) is 14.0. The van der Waals surface area contributed by atoms with Crippen LogP contribution in [-0.2, 0) is 53.9 Å². The van der Waals surface area contributed by atoms with Gasteiger partial charge in [-0.2, -0.15) is 52.7 Å². The number of rotatable bonds is 15. The van der Waals surface area contributed by atoms with Gasteiger partial charge in [0.1, 0.15) is 19.0 Å². The number of alkyl halides is 12. The van der Waals surface area contributed by atoms with E-state index in [0.717, 1.165) is 79.2 Å². The maximum Gasteiger partial charge on any atom is 0.437 e. The molecule has 11 nitrogen and oxygen atoms in total. The van der Waals surface area contributed by atoms with Crippen LogP contribution in [0, 0.1) is 0 Å². The first-order chi connectivity index (χ1) is 41.2. The lowest BCUT2D eigenvalue weighted by molar-refractivity contribution is -0.358. The molecule has 2 fully saturated rings. The molecular weight excluding hydrogens is 1200 g/mol. The van der Waals surface area contributed by atoms with Gasteiger partial charge in [-0.1, -0.05) is 192 Å². The minimum Gasteiger partial charge on any atom is -0.458 e. The van der Waals surface area contributed by atoms with Gasteiger partial charge < -0.3 is 39.7 Å². The van der Waals surface area contributed by atoms with Gasteiger partial charge in [0.05, 0.1) is 16.8 Å². The first-order valence-electron chi connectivity index (χ1n) is 27.3. The molecule has 2 saturated carbocycles. The van der Waals surface area contributed by atoms with Gasteiger partial charge in [0.25, 0.3) is 0 Å². The zero-order valence-corrected chi connectivity index (χ0v) is 48.9. The highest BCUT2D eigenvalue weighted by molar-refractivity contribution is 5.88. The van der Waals surface area contributed by atoms with Crippen LogP contribution >= 0.6 is 0 Å². The first kappa shape index (κ1) is 75.4. The summed E-state index contributed by atoms with van der Waals surface area (Å²) in [7, 11) is 0. The molecule has 0 bridgehead atoms. The standard InChI is InChI=1S/C16H20O3.2C13H10F6O3.C13H16O.C11H14O/c1-12(2)15(17)19-14-8-6-13(7-9-14)16(18)10-4-3-5-11-16;1-2-8-3-5-9(6-4-8)7-22-10(20)11(21,12(14,15)16)13(17,18)19;1-2-8-4-3-5-9(6-8)7-22-10(20)11(21,12(14,15)16)13(17,18)19;1-2-11-5-7-12(8-6-11)13(14)9-3-4-10-13;1-4-9-5-7-10(8-6-9)11(2,3)12/h6-9,18H,1,3-5,10-11H2,2H3;2*2-6,21H,1,7H2;2,5-8,14H,1,3-4,9-10H2;4-8,12H,1H2,2-3H3. The topological polar surface area (TPSA) is 180 Å². The third kappa shape index (κ3) is 20.9. The van der Waals surface area contributed by atoms with Crippen LogP contribution in [0.4, 0.5) is 52.7 Å². The third-order valence-electron chi connectivity index (χ3n) is 14.0. The molecule has 0 heterocycles. The minimum atomic E-state index is -6.26.